The molecule has 6 nitrogen and oxygen atoms in total. The predicted molar refractivity (Wildman–Crippen MR) is 71.6 cm³/mol. The summed E-state index contributed by atoms with van der Waals surface area (Å²) in [5, 5.41) is 12.1. The number of ketones is 1. The Morgan fingerprint density at radius 1 is 1.45 bits per heavy atom. The minimum atomic E-state index is -0.925. The fourth-order valence-corrected chi connectivity index (χ4v) is 2.62. The van der Waals surface area contributed by atoms with Crippen molar-refractivity contribution >= 4 is 17.7 Å². The van der Waals surface area contributed by atoms with Crippen molar-refractivity contribution in [2.24, 2.45) is 5.41 Å². The number of aromatic nitrogens is 1. The topological polar surface area (TPSA) is 99.3 Å². The van der Waals surface area contributed by atoms with Gasteiger partial charge in [-0.2, -0.15) is 0 Å². The van der Waals surface area contributed by atoms with Gasteiger partial charge in [-0.3, -0.25) is 14.4 Å². The molecule has 0 radical (unpaired) electrons. The molecule has 1 aromatic heterocycles. The van der Waals surface area contributed by atoms with Crippen LogP contribution in [0.5, 0.6) is 0 Å². The van der Waals surface area contributed by atoms with E-state index in [1.165, 1.54) is 19.2 Å². The maximum Gasteiger partial charge on any atom is 0.311 e. The third kappa shape index (κ3) is 2.45. The van der Waals surface area contributed by atoms with Gasteiger partial charge in [0, 0.05) is 17.8 Å². The van der Waals surface area contributed by atoms with Gasteiger partial charge in [0.1, 0.15) is 5.69 Å². The number of carbonyl (C=O) groups excluding carboxylic acids is 2. The van der Waals surface area contributed by atoms with Gasteiger partial charge in [0.15, 0.2) is 5.78 Å². The first-order valence-electron chi connectivity index (χ1n) is 6.58. The molecule has 1 saturated carbocycles. The molecular weight excluding hydrogens is 260 g/mol. The van der Waals surface area contributed by atoms with Crippen molar-refractivity contribution in [3.05, 3.63) is 23.5 Å². The Hall–Kier alpha value is -2.11. The fourth-order valence-electron chi connectivity index (χ4n) is 2.62. The Morgan fingerprint density at radius 3 is 2.70 bits per heavy atom. The SMILES string of the molecule is CC(=O)c1c[nH]c(C(=O)NC2CCCC2(C)C(=O)O)c1. The second-order valence-corrected chi connectivity index (χ2v) is 5.50. The van der Waals surface area contributed by atoms with Gasteiger partial charge in [-0.05, 0) is 32.8 Å². The molecule has 0 bridgehead atoms. The molecular formula is C14H18N2O4. The molecule has 1 fully saturated rings. The van der Waals surface area contributed by atoms with Gasteiger partial charge in [0.25, 0.3) is 5.91 Å². The average molecular weight is 278 g/mol. The summed E-state index contributed by atoms with van der Waals surface area (Å²) in [6.07, 6.45) is 3.45. The van der Waals surface area contributed by atoms with Crippen molar-refractivity contribution in [1.29, 1.82) is 0 Å². The van der Waals surface area contributed by atoms with E-state index in [1.807, 2.05) is 0 Å². The summed E-state index contributed by atoms with van der Waals surface area (Å²) < 4.78 is 0. The second kappa shape index (κ2) is 5.11. The number of amides is 1. The van der Waals surface area contributed by atoms with Crippen molar-refractivity contribution in [3.63, 3.8) is 0 Å². The molecule has 1 heterocycles. The first-order chi connectivity index (χ1) is 9.34. The van der Waals surface area contributed by atoms with E-state index in [0.29, 0.717) is 18.4 Å². The lowest BCUT2D eigenvalue weighted by atomic mass is 9.85. The molecule has 1 aliphatic rings. The Balaban J connectivity index is 2.11. The van der Waals surface area contributed by atoms with Gasteiger partial charge in [-0.1, -0.05) is 6.42 Å². The number of carboxylic acids is 1. The van der Waals surface area contributed by atoms with Crippen molar-refractivity contribution in [2.45, 2.75) is 39.2 Å². The van der Waals surface area contributed by atoms with Crippen LogP contribution >= 0.6 is 0 Å². The van der Waals surface area contributed by atoms with Gasteiger partial charge in [0.05, 0.1) is 5.41 Å². The average Bonchev–Trinajstić information content (AvgIpc) is 2.98. The summed E-state index contributed by atoms with van der Waals surface area (Å²) in [5.41, 5.74) is -0.219. The van der Waals surface area contributed by atoms with Crippen LogP contribution in [0, 0.1) is 5.41 Å². The van der Waals surface area contributed by atoms with Gasteiger partial charge in [0.2, 0.25) is 0 Å². The standard InChI is InChI=1S/C14H18N2O4/c1-8(17)9-6-10(15-7-9)12(18)16-11-4-3-5-14(11,2)13(19)20/h6-7,11,15H,3-5H2,1-2H3,(H,16,18)(H,19,20). The van der Waals surface area contributed by atoms with Crippen LogP contribution < -0.4 is 5.32 Å². The maximum atomic E-state index is 12.1. The number of carboxylic acid groups (broad SMARTS) is 1. The number of H-pyrrole nitrogens is 1. The van der Waals surface area contributed by atoms with E-state index in [2.05, 4.69) is 10.3 Å². The summed E-state index contributed by atoms with van der Waals surface area (Å²) in [5.74, 6) is -1.40. The molecule has 6 heteroatoms. The second-order valence-electron chi connectivity index (χ2n) is 5.50. The van der Waals surface area contributed by atoms with Crippen LogP contribution in [-0.4, -0.2) is 33.8 Å². The van der Waals surface area contributed by atoms with Crippen molar-refractivity contribution in [2.75, 3.05) is 0 Å². The number of hydrogen-bond donors (Lipinski definition) is 3. The highest BCUT2D eigenvalue weighted by Gasteiger charge is 2.46. The van der Waals surface area contributed by atoms with E-state index in [-0.39, 0.29) is 17.4 Å². The number of aromatic amines is 1. The molecule has 1 aliphatic carbocycles. The van der Waals surface area contributed by atoms with Crippen LogP contribution in [0.3, 0.4) is 0 Å². The molecule has 0 saturated heterocycles. The van der Waals surface area contributed by atoms with E-state index < -0.39 is 17.4 Å². The third-order valence-corrected chi connectivity index (χ3v) is 4.09. The summed E-state index contributed by atoms with van der Waals surface area (Å²) >= 11 is 0. The largest absolute Gasteiger partial charge is 0.481 e. The lowest BCUT2D eigenvalue weighted by molar-refractivity contribution is -0.148. The van der Waals surface area contributed by atoms with E-state index >= 15 is 0 Å². The molecule has 2 atom stereocenters. The summed E-state index contributed by atoms with van der Waals surface area (Å²) in [6, 6.07) is 1.08. The molecule has 20 heavy (non-hydrogen) atoms. The zero-order valence-corrected chi connectivity index (χ0v) is 11.5. The molecule has 1 amide bonds. The molecule has 2 unspecified atom stereocenters. The van der Waals surface area contributed by atoms with Crippen LogP contribution in [0.1, 0.15) is 54.0 Å². The van der Waals surface area contributed by atoms with Crippen LogP contribution in [0.4, 0.5) is 0 Å². The van der Waals surface area contributed by atoms with Crippen molar-refractivity contribution < 1.29 is 19.5 Å². The van der Waals surface area contributed by atoms with Crippen molar-refractivity contribution in [1.82, 2.24) is 10.3 Å². The number of nitrogens with one attached hydrogen (secondary N) is 2. The van der Waals surface area contributed by atoms with Gasteiger partial charge >= 0.3 is 5.97 Å². The highest BCUT2D eigenvalue weighted by Crippen LogP contribution is 2.38. The molecule has 3 N–H and O–H groups in total. The van der Waals surface area contributed by atoms with Crippen LogP contribution in [0.2, 0.25) is 0 Å². The number of carbonyl (C=O) groups is 3. The highest BCUT2D eigenvalue weighted by molar-refractivity contribution is 5.99. The summed E-state index contributed by atoms with van der Waals surface area (Å²) in [6.45, 7) is 3.08. The summed E-state index contributed by atoms with van der Waals surface area (Å²) in [7, 11) is 0. The van der Waals surface area contributed by atoms with E-state index in [1.54, 1.807) is 6.92 Å². The van der Waals surface area contributed by atoms with Crippen LogP contribution in [0.25, 0.3) is 0 Å². The highest BCUT2D eigenvalue weighted by atomic mass is 16.4. The van der Waals surface area contributed by atoms with Gasteiger partial charge in [-0.25, -0.2) is 0 Å². The Kier molecular flexibility index (Phi) is 3.65. The van der Waals surface area contributed by atoms with Gasteiger partial charge < -0.3 is 15.4 Å². The zero-order chi connectivity index (χ0) is 14.9. The normalized spacial score (nSPS) is 25.4. The first-order valence-corrected chi connectivity index (χ1v) is 6.58. The number of hydrogen-bond acceptors (Lipinski definition) is 3. The Labute approximate surface area is 116 Å². The first kappa shape index (κ1) is 14.3. The minimum absolute atomic E-state index is 0.128. The lowest BCUT2D eigenvalue weighted by Gasteiger charge is -2.27. The Morgan fingerprint density at radius 2 is 2.15 bits per heavy atom. The minimum Gasteiger partial charge on any atom is -0.481 e. The summed E-state index contributed by atoms with van der Waals surface area (Å²) in [4.78, 5) is 37.4. The fraction of sp³-hybridized carbons (Fsp3) is 0.500. The monoisotopic (exact) mass is 278 g/mol. The van der Waals surface area contributed by atoms with E-state index in [4.69, 9.17) is 0 Å². The lowest BCUT2D eigenvalue weighted by Crippen LogP contribution is -2.47. The molecule has 2 rings (SSSR count). The van der Waals surface area contributed by atoms with Crippen molar-refractivity contribution in [3.8, 4) is 0 Å². The van der Waals surface area contributed by atoms with Gasteiger partial charge in [-0.15, -0.1) is 0 Å². The molecule has 0 aliphatic heterocycles. The molecule has 1 aromatic rings. The molecule has 108 valence electrons. The van der Waals surface area contributed by atoms with E-state index in [0.717, 1.165) is 6.42 Å². The molecule has 0 aromatic carbocycles. The number of rotatable bonds is 4. The maximum absolute atomic E-state index is 12.1. The Bertz CT molecular complexity index is 563. The number of aliphatic carboxylic acids is 1. The molecule has 0 spiro atoms. The van der Waals surface area contributed by atoms with Crippen LogP contribution in [-0.2, 0) is 4.79 Å². The number of Topliss-reactive ketones (excluding diaryl/α,β-unsaturated/α-hetero) is 1. The zero-order valence-electron chi connectivity index (χ0n) is 11.5. The predicted octanol–water partition coefficient (Wildman–Crippen LogP) is 1.59. The van der Waals surface area contributed by atoms with Crippen LogP contribution in [0.15, 0.2) is 12.3 Å². The smallest absolute Gasteiger partial charge is 0.311 e. The quantitative estimate of drug-likeness (QED) is 0.728. The van der Waals surface area contributed by atoms with E-state index in [9.17, 15) is 19.5 Å². The third-order valence-electron chi connectivity index (χ3n) is 4.09.